The lowest BCUT2D eigenvalue weighted by Crippen LogP contribution is -2.48. The number of hydrogen-bond donors (Lipinski definition) is 1. The number of phenolic OH excluding ortho intramolecular Hbond substituents is 1. The third-order valence-corrected chi connectivity index (χ3v) is 5.17. The van der Waals surface area contributed by atoms with Gasteiger partial charge in [0.1, 0.15) is 5.75 Å². The Morgan fingerprint density at radius 3 is 2.54 bits per heavy atom. The summed E-state index contributed by atoms with van der Waals surface area (Å²) in [5, 5.41) is 20.0. The molecule has 4 rings (SSSR count). The molecule has 148 valence electrons. The number of likely N-dealkylation sites (N-methyl/N-ethyl adjacent to an activating group) is 1. The number of amides is 1. The fourth-order valence-corrected chi connectivity index (χ4v) is 3.69. The lowest BCUT2D eigenvalue weighted by Gasteiger charge is -2.32. The summed E-state index contributed by atoms with van der Waals surface area (Å²) in [6.07, 6.45) is 1.72. The number of carbonyl (C=O) groups excluding carboxylic acids is 1. The van der Waals surface area contributed by atoms with Crippen molar-refractivity contribution in [3.8, 4) is 17.0 Å². The summed E-state index contributed by atoms with van der Waals surface area (Å²) in [5.41, 5.74) is 2.45. The highest BCUT2D eigenvalue weighted by Crippen LogP contribution is 2.34. The van der Waals surface area contributed by atoms with E-state index in [2.05, 4.69) is 15.1 Å². The Bertz CT molecular complexity index is 1010. The van der Waals surface area contributed by atoms with Gasteiger partial charge in [0.05, 0.1) is 5.69 Å². The lowest BCUT2D eigenvalue weighted by molar-refractivity contribution is 0.156. The average molecular weight is 422 g/mol. The highest BCUT2D eigenvalue weighted by Gasteiger charge is 2.22. The van der Waals surface area contributed by atoms with Crippen molar-refractivity contribution in [3.63, 3.8) is 0 Å². The number of halogens is 2. The Labute approximate surface area is 173 Å². The van der Waals surface area contributed by atoms with E-state index in [1.165, 1.54) is 10.6 Å². The number of aryl methyl sites for hydroxylation is 1. The molecule has 0 atom stereocenters. The Morgan fingerprint density at radius 2 is 1.86 bits per heavy atom. The molecule has 3 heterocycles. The van der Waals surface area contributed by atoms with Crippen molar-refractivity contribution in [1.29, 1.82) is 0 Å². The molecule has 1 fully saturated rings. The zero-order valence-corrected chi connectivity index (χ0v) is 17.2. The number of hydrogen-bond acceptors (Lipinski definition) is 5. The smallest absolute Gasteiger partial charge is 0.329 e. The van der Waals surface area contributed by atoms with E-state index in [0.29, 0.717) is 35.0 Å². The summed E-state index contributed by atoms with van der Waals surface area (Å²) in [6.45, 7) is 4.96. The second kappa shape index (κ2) is 7.95. The molecular weight excluding hydrogens is 401 g/mol. The number of aromatic hydroxyl groups is 1. The Hall–Kier alpha value is -2.35. The van der Waals surface area contributed by atoms with Gasteiger partial charge in [-0.2, -0.15) is 0 Å². The number of phenols is 1. The van der Waals surface area contributed by atoms with Crippen LogP contribution in [0.5, 0.6) is 5.75 Å². The normalized spacial score (nSPS) is 14.9. The highest BCUT2D eigenvalue weighted by atomic mass is 35.5. The number of piperazine rings is 1. The summed E-state index contributed by atoms with van der Waals surface area (Å²) in [7, 11) is 2.05. The molecule has 2 aromatic heterocycles. The molecule has 0 spiro atoms. The zero-order chi connectivity index (χ0) is 19.1. The zero-order valence-electron chi connectivity index (χ0n) is 15.6. The Kier molecular flexibility index (Phi) is 5.79. The van der Waals surface area contributed by atoms with Crippen LogP contribution in [0.25, 0.3) is 22.3 Å². The maximum Gasteiger partial charge on any atom is 0.329 e. The van der Waals surface area contributed by atoms with Gasteiger partial charge >= 0.3 is 6.03 Å². The summed E-state index contributed by atoms with van der Waals surface area (Å²) in [5.74, 6) is 0.0570. The Balaban J connectivity index is 0.00000225. The van der Waals surface area contributed by atoms with E-state index >= 15 is 0 Å². The molecule has 7 nitrogen and oxygen atoms in total. The number of rotatable bonds is 1. The van der Waals surface area contributed by atoms with E-state index in [1.54, 1.807) is 12.3 Å². The van der Waals surface area contributed by atoms with Crippen LogP contribution in [0.15, 0.2) is 30.5 Å². The number of fused-ring (bicyclic) bond motifs is 1. The third kappa shape index (κ3) is 3.65. The first kappa shape index (κ1) is 20.4. The molecule has 9 heteroatoms. The highest BCUT2D eigenvalue weighted by molar-refractivity contribution is 6.31. The van der Waals surface area contributed by atoms with Crippen molar-refractivity contribution >= 4 is 41.1 Å². The fourth-order valence-electron chi connectivity index (χ4n) is 3.42. The van der Waals surface area contributed by atoms with Crippen LogP contribution >= 0.6 is 24.0 Å². The van der Waals surface area contributed by atoms with Crippen LogP contribution in [0.2, 0.25) is 5.02 Å². The largest absolute Gasteiger partial charge is 0.507 e. The molecular formula is C19H21Cl2N5O2. The monoisotopic (exact) mass is 421 g/mol. The lowest BCUT2D eigenvalue weighted by atomic mass is 10.0. The van der Waals surface area contributed by atoms with Gasteiger partial charge in [0.15, 0.2) is 5.65 Å². The summed E-state index contributed by atoms with van der Waals surface area (Å²) >= 11 is 5.98. The van der Waals surface area contributed by atoms with E-state index in [-0.39, 0.29) is 24.2 Å². The number of benzene rings is 1. The fraction of sp³-hybridized carbons (Fsp3) is 0.316. The molecule has 3 aromatic rings. The molecule has 1 amide bonds. The van der Waals surface area contributed by atoms with Crippen LogP contribution in [-0.4, -0.2) is 68.9 Å². The molecule has 1 N–H and O–H groups in total. The predicted octanol–water partition coefficient (Wildman–Crippen LogP) is 3.40. The van der Waals surface area contributed by atoms with Gasteiger partial charge in [-0.05, 0) is 43.8 Å². The number of carbonyl (C=O) groups is 1. The molecule has 0 unspecified atom stereocenters. The van der Waals surface area contributed by atoms with Crippen molar-refractivity contribution in [3.05, 3.63) is 41.0 Å². The molecule has 1 aliphatic rings. The van der Waals surface area contributed by atoms with E-state index in [1.807, 2.05) is 31.0 Å². The van der Waals surface area contributed by atoms with E-state index in [9.17, 15) is 9.90 Å². The predicted molar refractivity (Wildman–Crippen MR) is 111 cm³/mol. The second-order valence-electron chi connectivity index (χ2n) is 6.88. The molecule has 1 saturated heterocycles. The van der Waals surface area contributed by atoms with E-state index < -0.39 is 0 Å². The first-order chi connectivity index (χ1) is 12.9. The van der Waals surface area contributed by atoms with Gasteiger partial charge in [0.2, 0.25) is 0 Å². The molecule has 0 saturated carbocycles. The first-order valence-corrected chi connectivity index (χ1v) is 9.14. The summed E-state index contributed by atoms with van der Waals surface area (Å²) in [4.78, 5) is 16.9. The van der Waals surface area contributed by atoms with Crippen molar-refractivity contribution < 1.29 is 9.90 Å². The van der Waals surface area contributed by atoms with Gasteiger partial charge in [-0.25, -0.2) is 4.79 Å². The minimum Gasteiger partial charge on any atom is -0.507 e. The van der Waals surface area contributed by atoms with Gasteiger partial charge in [-0.15, -0.1) is 22.6 Å². The molecule has 0 bridgehead atoms. The second-order valence-corrected chi connectivity index (χ2v) is 7.32. The van der Waals surface area contributed by atoms with Crippen LogP contribution in [-0.2, 0) is 0 Å². The van der Waals surface area contributed by atoms with Crippen molar-refractivity contribution in [1.82, 2.24) is 24.6 Å². The van der Waals surface area contributed by atoms with Crippen molar-refractivity contribution in [2.75, 3.05) is 33.2 Å². The number of nitrogens with zero attached hydrogens (tertiary/aromatic N) is 5. The standard InChI is InChI=1S/C19H20ClN5O2.ClH/c1-12-9-14(20)11-16(26)17(12)15-10-13-3-4-25(18(13)22-21-15)19(27)24-7-5-23(2)6-8-24;/h3-4,9-11,26H,5-8H2,1-2H3;1H. The first-order valence-electron chi connectivity index (χ1n) is 8.76. The van der Waals surface area contributed by atoms with Gasteiger partial charge in [0, 0.05) is 48.3 Å². The van der Waals surface area contributed by atoms with E-state index in [0.717, 1.165) is 24.0 Å². The minimum atomic E-state index is -0.0920. The van der Waals surface area contributed by atoms with Crippen LogP contribution in [0, 0.1) is 6.92 Å². The Morgan fingerprint density at radius 1 is 1.14 bits per heavy atom. The molecule has 1 aromatic carbocycles. The maximum absolute atomic E-state index is 12.8. The van der Waals surface area contributed by atoms with Gasteiger partial charge in [0.25, 0.3) is 0 Å². The van der Waals surface area contributed by atoms with Crippen LogP contribution in [0.4, 0.5) is 4.79 Å². The van der Waals surface area contributed by atoms with Gasteiger partial charge < -0.3 is 14.9 Å². The van der Waals surface area contributed by atoms with Crippen LogP contribution in [0.1, 0.15) is 5.56 Å². The molecule has 1 aliphatic heterocycles. The SMILES string of the molecule is Cc1cc(Cl)cc(O)c1-c1cc2ccn(C(=O)N3CCN(C)CC3)c2nn1.Cl. The van der Waals surface area contributed by atoms with Crippen LogP contribution < -0.4 is 0 Å². The van der Waals surface area contributed by atoms with Gasteiger partial charge in [-0.3, -0.25) is 4.57 Å². The van der Waals surface area contributed by atoms with Crippen molar-refractivity contribution in [2.45, 2.75) is 6.92 Å². The topological polar surface area (TPSA) is 74.5 Å². The third-order valence-electron chi connectivity index (χ3n) is 4.95. The molecule has 28 heavy (non-hydrogen) atoms. The van der Waals surface area contributed by atoms with Crippen molar-refractivity contribution in [2.24, 2.45) is 0 Å². The maximum atomic E-state index is 12.8. The van der Waals surface area contributed by atoms with Crippen LogP contribution in [0.3, 0.4) is 0 Å². The summed E-state index contributed by atoms with van der Waals surface area (Å²) in [6, 6.07) is 6.82. The quantitative estimate of drug-likeness (QED) is 0.651. The average Bonchev–Trinajstić information content (AvgIpc) is 3.04. The molecule has 0 radical (unpaired) electrons. The van der Waals surface area contributed by atoms with Gasteiger partial charge in [-0.1, -0.05) is 11.6 Å². The molecule has 0 aliphatic carbocycles. The summed E-state index contributed by atoms with van der Waals surface area (Å²) < 4.78 is 1.53. The van der Waals surface area contributed by atoms with E-state index in [4.69, 9.17) is 11.6 Å². The minimum absolute atomic E-state index is 0. The number of aromatic nitrogens is 3.